The number of fused-ring (bicyclic) bond motifs is 3. The number of halogens is 1. The van der Waals surface area contributed by atoms with Crippen molar-refractivity contribution in [3.8, 4) is 0 Å². The van der Waals surface area contributed by atoms with Crippen LogP contribution in [0.1, 0.15) is 25.7 Å². The van der Waals surface area contributed by atoms with Crippen molar-refractivity contribution in [3.63, 3.8) is 0 Å². The summed E-state index contributed by atoms with van der Waals surface area (Å²) < 4.78 is 15.3. The first-order valence-electron chi connectivity index (χ1n) is 9.34. The third-order valence-electron chi connectivity index (χ3n) is 5.47. The Morgan fingerprint density at radius 2 is 2.11 bits per heavy atom. The molecule has 0 fully saturated rings. The van der Waals surface area contributed by atoms with E-state index in [0.717, 1.165) is 35.8 Å². The number of allylic oxidation sites excluding steroid dienone is 3. The number of aromatic nitrogens is 3. The van der Waals surface area contributed by atoms with Gasteiger partial charge in [0.1, 0.15) is 11.3 Å². The number of rotatable bonds is 6. The number of hydrogen-bond acceptors (Lipinski definition) is 4. The molecule has 28 heavy (non-hydrogen) atoms. The summed E-state index contributed by atoms with van der Waals surface area (Å²) in [5.41, 5.74) is 13.4. The van der Waals surface area contributed by atoms with Gasteiger partial charge >= 0.3 is 0 Å². The molecule has 0 spiro atoms. The molecule has 1 aliphatic carbocycles. The number of amides is 1. The summed E-state index contributed by atoms with van der Waals surface area (Å²) in [6.45, 7) is 0.729. The molecule has 1 amide bonds. The fourth-order valence-electron chi connectivity index (χ4n) is 3.84. The molecule has 0 saturated heterocycles. The Kier molecular flexibility index (Phi) is 4.58. The number of aryl methyl sites for hydroxylation is 1. The second-order valence-corrected chi connectivity index (χ2v) is 7.25. The molecule has 1 aromatic carbocycles. The summed E-state index contributed by atoms with van der Waals surface area (Å²) in [6.07, 6.45) is 8.65. The standard InChI is InChI=1S/C21H22FN5O/c22-14-7-10-21(11-8-14,20(24)28)9-3-4-12-27-13-25-17-18(27)15-5-1-2-6-16(15)26-19(17)23/h1-2,5-8,10,13H,3-4,9,11-12H2,(H2,23,26)(H2,24,28). The van der Waals surface area contributed by atoms with Crippen LogP contribution in [-0.2, 0) is 11.3 Å². The Hall–Kier alpha value is -3.22. The van der Waals surface area contributed by atoms with Crippen LogP contribution in [0.5, 0.6) is 0 Å². The second-order valence-electron chi connectivity index (χ2n) is 7.25. The van der Waals surface area contributed by atoms with E-state index in [2.05, 4.69) is 14.5 Å². The number of primary amides is 1. The summed E-state index contributed by atoms with van der Waals surface area (Å²) in [4.78, 5) is 20.8. The number of nitrogens with two attached hydrogens (primary N) is 2. The van der Waals surface area contributed by atoms with Crippen LogP contribution in [0.3, 0.4) is 0 Å². The van der Waals surface area contributed by atoms with E-state index in [4.69, 9.17) is 11.5 Å². The number of imidazole rings is 1. The molecule has 0 bridgehead atoms. The van der Waals surface area contributed by atoms with E-state index >= 15 is 0 Å². The number of pyridine rings is 1. The van der Waals surface area contributed by atoms with Gasteiger partial charge in [-0.3, -0.25) is 4.79 Å². The Morgan fingerprint density at radius 1 is 1.29 bits per heavy atom. The molecule has 4 N–H and O–H groups in total. The highest BCUT2D eigenvalue weighted by molar-refractivity contribution is 6.06. The maximum atomic E-state index is 13.3. The van der Waals surface area contributed by atoms with Crippen LogP contribution in [0.15, 0.2) is 54.6 Å². The predicted octanol–water partition coefficient (Wildman–Crippen LogP) is 3.62. The van der Waals surface area contributed by atoms with Gasteiger partial charge in [-0.1, -0.05) is 30.7 Å². The summed E-state index contributed by atoms with van der Waals surface area (Å²) in [5.74, 6) is -0.313. The van der Waals surface area contributed by atoms with Gasteiger partial charge < -0.3 is 16.0 Å². The van der Waals surface area contributed by atoms with Crippen LogP contribution >= 0.6 is 0 Å². The summed E-state index contributed by atoms with van der Waals surface area (Å²) in [7, 11) is 0. The summed E-state index contributed by atoms with van der Waals surface area (Å²) >= 11 is 0. The van der Waals surface area contributed by atoms with Gasteiger partial charge in [0.2, 0.25) is 5.91 Å². The average molecular weight is 379 g/mol. The van der Waals surface area contributed by atoms with Crippen molar-refractivity contribution in [1.82, 2.24) is 14.5 Å². The largest absolute Gasteiger partial charge is 0.382 e. The quantitative estimate of drug-likeness (QED) is 0.639. The molecule has 7 heteroatoms. The minimum Gasteiger partial charge on any atom is -0.382 e. The van der Waals surface area contributed by atoms with Gasteiger partial charge in [-0.25, -0.2) is 14.4 Å². The minimum atomic E-state index is -0.798. The molecule has 0 aliphatic heterocycles. The number of nitrogen functional groups attached to an aromatic ring is 1. The van der Waals surface area contributed by atoms with Crippen molar-refractivity contribution in [3.05, 3.63) is 54.6 Å². The number of para-hydroxylation sites is 1. The normalized spacial score (nSPS) is 19.2. The average Bonchev–Trinajstić information content (AvgIpc) is 3.12. The lowest BCUT2D eigenvalue weighted by molar-refractivity contribution is -0.125. The predicted molar refractivity (Wildman–Crippen MR) is 108 cm³/mol. The molecule has 6 nitrogen and oxygen atoms in total. The van der Waals surface area contributed by atoms with Crippen LogP contribution in [0.25, 0.3) is 21.9 Å². The molecule has 3 aromatic rings. The molecule has 1 atom stereocenters. The van der Waals surface area contributed by atoms with Crippen molar-refractivity contribution in [1.29, 1.82) is 0 Å². The van der Waals surface area contributed by atoms with E-state index in [-0.39, 0.29) is 5.83 Å². The molecule has 2 heterocycles. The number of carbonyl (C=O) groups is 1. The van der Waals surface area contributed by atoms with Crippen LogP contribution in [0, 0.1) is 5.41 Å². The van der Waals surface area contributed by atoms with Gasteiger partial charge in [0.15, 0.2) is 5.82 Å². The van der Waals surface area contributed by atoms with Gasteiger partial charge in [-0.15, -0.1) is 0 Å². The summed E-state index contributed by atoms with van der Waals surface area (Å²) in [6, 6.07) is 7.84. The van der Waals surface area contributed by atoms with Crippen molar-refractivity contribution in [2.75, 3.05) is 5.73 Å². The number of hydrogen-bond donors (Lipinski definition) is 2. The Balaban J connectivity index is 1.51. The van der Waals surface area contributed by atoms with Gasteiger partial charge in [-0.2, -0.15) is 0 Å². The first-order valence-corrected chi connectivity index (χ1v) is 9.34. The molecular formula is C21H22FN5O. The van der Waals surface area contributed by atoms with Crippen molar-refractivity contribution < 1.29 is 9.18 Å². The third kappa shape index (κ3) is 3.13. The van der Waals surface area contributed by atoms with Crippen molar-refractivity contribution >= 4 is 33.7 Å². The van der Waals surface area contributed by atoms with Gasteiger partial charge in [-0.05, 0) is 37.5 Å². The SMILES string of the molecule is NC(=O)C1(CCCCn2cnc3c(N)nc4ccccc4c32)C=CC(F)=CC1. The zero-order chi connectivity index (χ0) is 19.7. The molecule has 144 valence electrons. The van der Waals surface area contributed by atoms with E-state index in [0.29, 0.717) is 24.2 Å². The fourth-order valence-corrected chi connectivity index (χ4v) is 3.84. The highest BCUT2D eigenvalue weighted by Crippen LogP contribution is 2.35. The highest BCUT2D eigenvalue weighted by atomic mass is 19.1. The molecular weight excluding hydrogens is 357 g/mol. The van der Waals surface area contributed by atoms with E-state index in [1.54, 1.807) is 12.4 Å². The van der Waals surface area contributed by atoms with Crippen LogP contribution in [0.2, 0.25) is 0 Å². The molecule has 1 unspecified atom stereocenters. The number of anilines is 1. The lowest BCUT2D eigenvalue weighted by Gasteiger charge is -2.28. The smallest absolute Gasteiger partial charge is 0.227 e. The third-order valence-corrected chi connectivity index (χ3v) is 5.47. The number of unbranched alkanes of at least 4 members (excludes halogenated alkanes) is 1. The fraction of sp³-hybridized carbons (Fsp3) is 0.286. The van der Waals surface area contributed by atoms with Crippen LogP contribution in [0.4, 0.5) is 10.2 Å². The zero-order valence-electron chi connectivity index (χ0n) is 15.4. The van der Waals surface area contributed by atoms with Gasteiger partial charge in [0.25, 0.3) is 0 Å². The Morgan fingerprint density at radius 3 is 2.86 bits per heavy atom. The van der Waals surface area contributed by atoms with Gasteiger partial charge in [0.05, 0.1) is 22.8 Å². The zero-order valence-corrected chi connectivity index (χ0v) is 15.4. The first-order chi connectivity index (χ1) is 13.5. The number of nitrogens with zero attached hydrogens (tertiary/aromatic N) is 3. The maximum absolute atomic E-state index is 13.3. The number of carbonyl (C=O) groups excluding carboxylic acids is 1. The van der Waals surface area contributed by atoms with E-state index in [9.17, 15) is 9.18 Å². The lowest BCUT2D eigenvalue weighted by atomic mass is 9.76. The molecule has 2 aromatic heterocycles. The highest BCUT2D eigenvalue weighted by Gasteiger charge is 2.34. The van der Waals surface area contributed by atoms with E-state index in [1.165, 1.54) is 12.2 Å². The van der Waals surface area contributed by atoms with Crippen LogP contribution in [-0.4, -0.2) is 20.4 Å². The van der Waals surface area contributed by atoms with Gasteiger partial charge in [0, 0.05) is 11.9 Å². The van der Waals surface area contributed by atoms with E-state index < -0.39 is 11.3 Å². The molecule has 0 radical (unpaired) electrons. The van der Waals surface area contributed by atoms with Crippen molar-refractivity contribution in [2.45, 2.75) is 32.2 Å². The first kappa shape index (κ1) is 18.2. The lowest BCUT2D eigenvalue weighted by Crippen LogP contribution is -2.36. The van der Waals surface area contributed by atoms with Crippen LogP contribution < -0.4 is 11.5 Å². The topological polar surface area (TPSA) is 99.8 Å². The van der Waals surface area contributed by atoms with Crippen molar-refractivity contribution in [2.24, 2.45) is 11.1 Å². The van der Waals surface area contributed by atoms with E-state index in [1.807, 2.05) is 24.3 Å². The maximum Gasteiger partial charge on any atom is 0.227 e. The monoisotopic (exact) mass is 379 g/mol. The Labute approximate surface area is 161 Å². The number of benzene rings is 1. The Bertz CT molecular complexity index is 1120. The molecule has 1 aliphatic rings. The minimum absolute atomic E-state index is 0.311. The summed E-state index contributed by atoms with van der Waals surface area (Å²) in [5, 5.41) is 1.01. The second kappa shape index (κ2) is 7.07. The molecule has 4 rings (SSSR count). The molecule has 0 saturated carbocycles.